The minimum Gasteiger partial charge on any atom is -0.325 e. The van der Waals surface area contributed by atoms with Crippen molar-refractivity contribution in [1.82, 2.24) is 0 Å². The van der Waals surface area contributed by atoms with Crippen molar-refractivity contribution in [2.24, 2.45) is 0 Å². The summed E-state index contributed by atoms with van der Waals surface area (Å²) in [6, 6.07) is 17.8. The Labute approximate surface area is 208 Å². The van der Waals surface area contributed by atoms with Crippen LogP contribution in [0.4, 0.5) is 17.1 Å². The quantitative estimate of drug-likeness (QED) is 0.423. The summed E-state index contributed by atoms with van der Waals surface area (Å²) in [5.74, 6) is -0.578. The largest absolute Gasteiger partial charge is 0.325 e. The van der Waals surface area contributed by atoms with Gasteiger partial charge in [0.05, 0.1) is 22.5 Å². The Bertz CT molecular complexity index is 1420. The molecular weight excluding hydrogens is 542 g/mol. The second-order valence-corrected chi connectivity index (χ2v) is 12.2. The van der Waals surface area contributed by atoms with Gasteiger partial charge in [0.1, 0.15) is 6.54 Å². The molecular formula is C23H24BrN3O5S2. The number of sulfonamides is 2. The smallest absolute Gasteiger partial charge is 0.261 e. The van der Waals surface area contributed by atoms with Gasteiger partial charge in [0.25, 0.3) is 10.0 Å². The Kier molecular flexibility index (Phi) is 7.69. The van der Waals surface area contributed by atoms with Gasteiger partial charge in [-0.2, -0.15) is 0 Å². The van der Waals surface area contributed by atoms with Gasteiger partial charge < -0.3 is 5.32 Å². The van der Waals surface area contributed by atoms with E-state index in [2.05, 4.69) is 26.0 Å². The first-order valence-corrected chi connectivity index (χ1v) is 14.2. The fourth-order valence-electron chi connectivity index (χ4n) is 3.13. The third kappa shape index (κ3) is 6.37. The van der Waals surface area contributed by atoms with Crippen LogP contribution in [0.1, 0.15) is 11.1 Å². The van der Waals surface area contributed by atoms with E-state index in [0.29, 0.717) is 21.5 Å². The van der Waals surface area contributed by atoms with Crippen LogP contribution in [-0.2, 0) is 24.8 Å². The number of aryl methyl sites for hydroxylation is 2. The maximum Gasteiger partial charge on any atom is 0.261 e. The minimum atomic E-state index is -3.83. The van der Waals surface area contributed by atoms with Gasteiger partial charge >= 0.3 is 0 Å². The molecule has 0 fully saturated rings. The van der Waals surface area contributed by atoms with Crippen molar-refractivity contribution in [3.05, 3.63) is 82.3 Å². The van der Waals surface area contributed by atoms with E-state index in [1.807, 2.05) is 26.0 Å². The minimum absolute atomic E-state index is 0.0254. The summed E-state index contributed by atoms with van der Waals surface area (Å²) in [5, 5.41) is 2.60. The van der Waals surface area contributed by atoms with Crippen molar-refractivity contribution in [3.8, 4) is 0 Å². The highest BCUT2D eigenvalue weighted by atomic mass is 79.9. The molecule has 0 bridgehead atoms. The number of nitrogens with zero attached hydrogens (tertiary/aromatic N) is 1. The molecule has 3 aromatic rings. The lowest BCUT2D eigenvalue weighted by molar-refractivity contribution is -0.114. The van der Waals surface area contributed by atoms with Crippen LogP contribution in [0.2, 0.25) is 0 Å². The van der Waals surface area contributed by atoms with Crippen LogP contribution in [0, 0.1) is 13.8 Å². The lowest BCUT2D eigenvalue weighted by Gasteiger charge is -2.23. The number of carbonyl (C=O) groups is 1. The number of hydrogen-bond acceptors (Lipinski definition) is 5. The highest BCUT2D eigenvalue weighted by molar-refractivity contribution is 9.10. The summed E-state index contributed by atoms with van der Waals surface area (Å²) < 4.78 is 54.2. The number of amides is 1. The second-order valence-electron chi connectivity index (χ2n) is 7.72. The van der Waals surface area contributed by atoms with E-state index in [0.717, 1.165) is 21.7 Å². The summed E-state index contributed by atoms with van der Waals surface area (Å²) in [7, 11) is -7.57. The summed E-state index contributed by atoms with van der Waals surface area (Å²) in [4.78, 5) is 12.6. The molecule has 0 saturated heterocycles. The number of rotatable bonds is 8. The van der Waals surface area contributed by atoms with Crippen molar-refractivity contribution in [1.29, 1.82) is 0 Å². The molecule has 3 aromatic carbocycles. The van der Waals surface area contributed by atoms with Gasteiger partial charge in [-0.25, -0.2) is 16.8 Å². The first-order valence-electron chi connectivity index (χ1n) is 10.1. The van der Waals surface area contributed by atoms with Gasteiger partial charge in [-0.15, -0.1) is 0 Å². The molecule has 1 amide bonds. The molecule has 0 aromatic heterocycles. The van der Waals surface area contributed by atoms with Gasteiger partial charge in [-0.1, -0.05) is 24.3 Å². The number of benzene rings is 3. The van der Waals surface area contributed by atoms with Crippen LogP contribution in [0.5, 0.6) is 0 Å². The fraction of sp³-hybridized carbons (Fsp3) is 0.174. The molecule has 0 saturated carbocycles. The van der Waals surface area contributed by atoms with Crippen molar-refractivity contribution >= 4 is 58.9 Å². The first kappa shape index (κ1) is 25.7. The molecule has 0 aliphatic rings. The van der Waals surface area contributed by atoms with Gasteiger partial charge in [0.15, 0.2) is 0 Å². The molecule has 11 heteroatoms. The van der Waals surface area contributed by atoms with Crippen molar-refractivity contribution in [3.63, 3.8) is 0 Å². The van der Waals surface area contributed by atoms with Crippen LogP contribution in [0.3, 0.4) is 0 Å². The monoisotopic (exact) mass is 565 g/mol. The van der Waals surface area contributed by atoms with Crippen LogP contribution in [0.25, 0.3) is 0 Å². The van der Waals surface area contributed by atoms with Crippen molar-refractivity contribution < 1.29 is 21.6 Å². The van der Waals surface area contributed by atoms with Crippen LogP contribution in [0.15, 0.2) is 76.1 Å². The van der Waals surface area contributed by atoms with E-state index in [-0.39, 0.29) is 4.90 Å². The number of anilines is 3. The Morgan fingerprint density at radius 3 is 2.21 bits per heavy atom. The fourth-order valence-corrected chi connectivity index (χ4v) is 5.74. The molecule has 34 heavy (non-hydrogen) atoms. The molecule has 0 radical (unpaired) electrons. The second kappa shape index (κ2) is 10.2. The van der Waals surface area contributed by atoms with E-state index in [1.165, 1.54) is 24.3 Å². The highest BCUT2D eigenvalue weighted by Crippen LogP contribution is 2.27. The maximum absolute atomic E-state index is 12.8. The van der Waals surface area contributed by atoms with E-state index in [4.69, 9.17) is 0 Å². The lowest BCUT2D eigenvalue weighted by Crippen LogP contribution is -2.37. The summed E-state index contributed by atoms with van der Waals surface area (Å²) in [6.45, 7) is 3.23. The Morgan fingerprint density at radius 1 is 0.941 bits per heavy atom. The van der Waals surface area contributed by atoms with Crippen LogP contribution >= 0.6 is 15.9 Å². The van der Waals surface area contributed by atoms with Crippen LogP contribution in [-0.4, -0.2) is 35.5 Å². The molecule has 3 rings (SSSR count). The maximum atomic E-state index is 12.8. The molecule has 0 heterocycles. The zero-order chi connectivity index (χ0) is 25.1. The SMILES string of the molecule is Cc1ccc(C)c(NS(=O)(=O)c2ccc(NC(=O)CN(c3ccccc3Br)S(C)(=O)=O)cc2)c1. The molecule has 0 aliphatic carbocycles. The van der Waals surface area contributed by atoms with E-state index in [9.17, 15) is 21.6 Å². The molecule has 0 atom stereocenters. The molecule has 2 N–H and O–H groups in total. The van der Waals surface area contributed by atoms with Crippen molar-refractivity contribution in [2.75, 3.05) is 27.1 Å². The molecule has 0 spiro atoms. The van der Waals surface area contributed by atoms with E-state index < -0.39 is 32.5 Å². The zero-order valence-corrected chi connectivity index (χ0v) is 22.0. The number of halogens is 1. The third-order valence-corrected chi connectivity index (χ3v) is 8.07. The Balaban J connectivity index is 1.74. The number of carbonyl (C=O) groups excluding carboxylic acids is 1. The molecule has 8 nitrogen and oxygen atoms in total. The third-order valence-electron chi connectivity index (χ3n) is 4.89. The van der Waals surface area contributed by atoms with E-state index >= 15 is 0 Å². The van der Waals surface area contributed by atoms with Gasteiger partial charge in [-0.3, -0.25) is 13.8 Å². The number of para-hydroxylation sites is 1. The van der Waals surface area contributed by atoms with Gasteiger partial charge in [0, 0.05) is 10.2 Å². The topological polar surface area (TPSA) is 113 Å². The predicted octanol–water partition coefficient (Wildman–Crippen LogP) is 4.27. The molecule has 180 valence electrons. The Hall–Kier alpha value is -2.89. The average Bonchev–Trinajstić information content (AvgIpc) is 2.75. The lowest BCUT2D eigenvalue weighted by atomic mass is 10.1. The standard InChI is InChI=1S/C23H24BrN3O5S2/c1-16-8-9-17(2)21(14-16)26-34(31,32)19-12-10-18(11-13-19)25-23(28)15-27(33(3,29)30)22-7-5-4-6-20(22)24/h4-14,26H,15H2,1-3H3,(H,25,28). The predicted molar refractivity (Wildman–Crippen MR) is 138 cm³/mol. The summed E-state index contributed by atoms with van der Waals surface area (Å²) in [5.41, 5.74) is 2.87. The van der Waals surface area contributed by atoms with Crippen molar-refractivity contribution in [2.45, 2.75) is 18.7 Å². The van der Waals surface area contributed by atoms with Gasteiger partial charge in [0.2, 0.25) is 15.9 Å². The average molecular weight is 566 g/mol. The zero-order valence-electron chi connectivity index (χ0n) is 18.7. The number of hydrogen-bond donors (Lipinski definition) is 2. The van der Waals surface area contributed by atoms with Gasteiger partial charge in [-0.05, 0) is 83.4 Å². The first-order chi connectivity index (χ1) is 15.9. The normalized spacial score (nSPS) is 11.6. The highest BCUT2D eigenvalue weighted by Gasteiger charge is 2.23. The molecule has 0 aliphatic heterocycles. The Morgan fingerprint density at radius 2 is 1.59 bits per heavy atom. The van der Waals surface area contributed by atoms with E-state index in [1.54, 1.807) is 30.3 Å². The van der Waals surface area contributed by atoms with Crippen LogP contribution < -0.4 is 14.3 Å². The summed E-state index contributed by atoms with van der Waals surface area (Å²) in [6.07, 6.45) is 1.02. The molecule has 0 unspecified atom stereocenters. The summed E-state index contributed by atoms with van der Waals surface area (Å²) >= 11 is 3.30. The number of nitrogens with one attached hydrogen (secondary N) is 2.